The van der Waals surface area contributed by atoms with Crippen molar-refractivity contribution in [2.45, 2.75) is 19.3 Å². The molecule has 1 aliphatic rings. The predicted octanol–water partition coefficient (Wildman–Crippen LogP) is 3.38. The molecule has 2 amide bonds. The SMILES string of the molecule is O=C(Nc1cccc(F)c1)C1CCN(C(=O)Cc2ccccc2F)CC1. The first-order chi connectivity index (χ1) is 12.5. The highest BCUT2D eigenvalue weighted by Gasteiger charge is 2.27. The molecule has 0 unspecified atom stereocenters. The third-order valence-electron chi connectivity index (χ3n) is 4.61. The largest absolute Gasteiger partial charge is 0.342 e. The Morgan fingerprint density at radius 1 is 1.04 bits per heavy atom. The number of halogens is 2. The van der Waals surface area contributed by atoms with Crippen molar-refractivity contribution in [2.75, 3.05) is 18.4 Å². The van der Waals surface area contributed by atoms with Crippen molar-refractivity contribution in [1.82, 2.24) is 4.90 Å². The molecule has 0 bridgehead atoms. The van der Waals surface area contributed by atoms with Crippen LogP contribution in [0.5, 0.6) is 0 Å². The Morgan fingerprint density at radius 2 is 1.77 bits per heavy atom. The van der Waals surface area contributed by atoms with Crippen molar-refractivity contribution in [2.24, 2.45) is 5.92 Å². The maximum atomic E-state index is 13.7. The number of amides is 2. The molecule has 1 saturated heterocycles. The Labute approximate surface area is 150 Å². The first-order valence-electron chi connectivity index (χ1n) is 8.60. The van der Waals surface area contributed by atoms with Crippen molar-refractivity contribution in [3.63, 3.8) is 0 Å². The lowest BCUT2D eigenvalue weighted by Crippen LogP contribution is -2.42. The molecule has 0 aromatic heterocycles. The van der Waals surface area contributed by atoms with Crippen LogP contribution in [0.15, 0.2) is 48.5 Å². The maximum Gasteiger partial charge on any atom is 0.227 e. The minimum atomic E-state index is -0.406. The second kappa shape index (κ2) is 8.08. The van der Waals surface area contributed by atoms with Gasteiger partial charge in [0.1, 0.15) is 11.6 Å². The lowest BCUT2D eigenvalue weighted by molar-refractivity contribution is -0.133. The molecule has 3 rings (SSSR count). The molecule has 4 nitrogen and oxygen atoms in total. The quantitative estimate of drug-likeness (QED) is 0.911. The summed E-state index contributed by atoms with van der Waals surface area (Å²) in [5, 5.41) is 2.71. The molecule has 0 spiro atoms. The first-order valence-corrected chi connectivity index (χ1v) is 8.60. The van der Waals surface area contributed by atoms with Crippen LogP contribution < -0.4 is 5.32 Å². The number of carbonyl (C=O) groups is 2. The van der Waals surface area contributed by atoms with Gasteiger partial charge >= 0.3 is 0 Å². The van der Waals surface area contributed by atoms with Crippen LogP contribution >= 0.6 is 0 Å². The van der Waals surface area contributed by atoms with Gasteiger partial charge < -0.3 is 10.2 Å². The summed E-state index contributed by atoms with van der Waals surface area (Å²) >= 11 is 0. The van der Waals surface area contributed by atoms with E-state index in [9.17, 15) is 18.4 Å². The van der Waals surface area contributed by atoms with Gasteiger partial charge in [0.15, 0.2) is 0 Å². The summed E-state index contributed by atoms with van der Waals surface area (Å²) < 4.78 is 26.9. The lowest BCUT2D eigenvalue weighted by Gasteiger charge is -2.31. The van der Waals surface area contributed by atoms with Crippen LogP contribution in [0.4, 0.5) is 14.5 Å². The van der Waals surface area contributed by atoms with E-state index < -0.39 is 5.82 Å². The van der Waals surface area contributed by atoms with E-state index in [1.54, 1.807) is 29.2 Å². The monoisotopic (exact) mass is 358 g/mol. The average Bonchev–Trinajstić information content (AvgIpc) is 2.64. The molecular weight excluding hydrogens is 338 g/mol. The molecule has 2 aromatic carbocycles. The van der Waals surface area contributed by atoms with E-state index in [-0.39, 0.29) is 30.0 Å². The normalized spacial score (nSPS) is 14.9. The average molecular weight is 358 g/mol. The van der Waals surface area contributed by atoms with E-state index in [1.807, 2.05) is 0 Å². The number of hydrogen-bond donors (Lipinski definition) is 1. The van der Waals surface area contributed by atoms with Crippen molar-refractivity contribution >= 4 is 17.5 Å². The Bertz CT molecular complexity index is 802. The molecule has 0 aliphatic carbocycles. The Balaban J connectivity index is 1.51. The maximum absolute atomic E-state index is 13.7. The van der Waals surface area contributed by atoms with Gasteiger partial charge in [0.05, 0.1) is 6.42 Å². The molecule has 1 aliphatic heterocycles. The highest BCUT2D eigenvalue weighted by atomic mass is 19.1. The van der Waals surface area contributed by atoms with Gasteiger partial charge in [0.25, 0.3) is 0 Å². The Morgan fingerprint density at radius 3 is 2.46 bits per heavy atom. The zero-order valence-electron chi connectivity index (χ0n) is 14.3. The number of nitrogens with one attached hydrogen (secondary N) is 1. The third-order valence-corrected chi connectivity index (χ3v) is 4.61. The summed E-state index contributed by atoms with van der Waals surface area (Å²) in [5.74, 6) is -1.33. The molecule has 0 atom stereocenters. The Hall–Kier alpha value is -2.76. The highest BCUT2D eigenvalue weighted by Crippen LogP contribution is 2.21. The molecule has 1 N–H and O–H groups in total. The van der Waals surface area contributed by atoms with Gasteiger partial charge in [0.2, 0.25) is 11.8 Å². The summed E-state index contributed by atoms with van der Waals surface area (Å²) in [7, 11) is 0. The van der Waals surface area contributed by atoms with Crippen LogP contribution in [0.2, 0.25) is 0 Å². The minimum absolute atomic E-state index is 0.0207. The van der Waals surface area contributed by atoms with Crippen LogP contribution in [-0.4, -0.2) is 29.8 Å². The second-order valence-corrected chi connectivity index (χ2v) is 6.42. The topological polar surface area (TPSA) is 49.4 Å². The van der Waals surface area contributed by atoms with Gasteiger partial charge in [-0.3, -0.25) is 9.59 Å². The zero-order valence-corrected chi connectivity index (χ0v) is 14.3. The predicted molar refractivity (Wildman–Crippen MR) is 94.4 cm³/mol. The van der Waals surface area contributed by atoms with Crippen LogP contribution in [-0.2, 0) is 16.0 Å². The summed E-state index contributed by atoms with van der Waals surface area (Å²) in [6, 6.07) is 12.0. The van der Waals surface area contributed by atoms with Crippen molar-refractivity contribution in [3.05, 3.63) is 65.7 Å². The fourth-order valence-electron chi connectivity index (χ4n) is 3.12. The van der Waals surface area contributed by atoms with E-state index in [1.165, 1.54) is 24.3 Å². The van der Waals surface area contributed by atoms with Gasteiger partial charge in [0, 0.05) is 24.7 Å². The van der Waals surface area contributed by atoms with E-state index >= 15 is 0 Å². The molecule has 0 saturated carbocycles. The fraction of sp³-hybridized carbons (Fsp3) is 0.300. The zero-order chi connectivity index (χ0) is 18.5. The summed E-state index contributed by atoms with van der Waals surface area (Å²) in [5.41, 5.74) is 0.802. The summed E-state index contributed by atoms with van der Waals surface area (Å²) in [4.78, 5) is 26.3. The summed E-state index contributed by atoms with van der Waals surface area (Å²) in [6.45, 7) is 0.906. The standard InChI is InChI=1S/C20H20F2N2O2/c21-16-5-3-6-17(13-16)23-20(26)14-8-10-24(11-9-14)19(25)12-15-4-1-2-7-18(15)22/h1-7,13-14H,8-12H2,(H,23,26). The van der Waals surface area contributed by atoms with Crippen LogP contribution in [0.3, 0.4) is 0 Å². The molecule has 6 heteroatoms. The molecule has 1 fully saturated rings. The number of carbonyl (C=O) groups excluding carboxylic acids is 2. The molecule has 0 radical (unpaired) electrons. The second-order valence-electron chi connectivity index (χ2n) is 6.42. The van der Waals surface area contributed by atoms with Gasteiger partial charge in [-0.15, -0.1) is 0 Å². The molecule has 136 valence electrons. The van der Waals surface area contributed by atoms with Gasteiger partial charge in [-0.25, -0.2) is 8.78 Å². The van der Waals surface area contributed by atoms with E-state index in [4.69, 9.17) is 0 Å². The van der Waals surface area contributed by atoms with Crippen LogP contribution in [0.1, 0.15) is 18.4 Å². The van der Waals surface area contributed by atoms with Crippen molar-refractivity contribution < 1.29 is 18.4 Å². The van der Waals surface area contributed by atoms with Crippen LogP contribution in [0, 0.1) is 17.6 Å². The van der Waals surface area contributed by atoms with E-state index in [0.717, 1.165) is 0 Å². The smallest absolute Gasteiger partial charge is 0.227 e. The summed E-state index contributed by atoms with van der Waals surface area (Å²) in [6.07, 6.45) is 1.08. The lowest BCUT2D eigenvalue weighted by atomic mass is 9.95. The number of likely N-dealkylation sites (tertiary alicyclic amines) is 1. The number of piperidine rings is 1. The molecule has 26 heavy (non-hydrogen) atoms. The van der Waals surface area contributed by atoms with Gasteiger partial charge in [-0.1, -0.05) is 24.3 Å². The molecule has 1 heterocycles. The highest BCUT2D eigenvalue weighted by molar-refractivity contribution is 5.92. The Kier molecular flexibility index (Phi) is 5.61. The number of rotatable bonds is 4. The van der Waals surface area contributed by atoms with Crippen molar-refractivity contribution in [1.29, 1.82) is 0 Å². The first kappa shape index (κ1) is 18.0. The van der Waals surface area contributed by atoms with E-state index in [0.29, 0.717) is 37.2 Å². The minimum Gasteiger partial charge on any atom is -0.342 e. The van der Waals surface area contributed by atoms with Crippen LogP contribution in [0.25, 0.3) is 0 Å². The third kappa shape index (κ3) is 4.45. The number of anilines is 1. The molecule has 2 aromatic rings. The van der Waals surface area contributed by atoms with E-state index in [2.05, 4.69) is 5.32 Å². The molecular formula is C20H20F2N2O2. The van der Waals surface area contributed by atoms with Gasteiger partial charge in [-0.05, 0) is 42.7 Å². The number of nitrogens with zero attached hydrogens (tertiary/aromatic N) is 1. The van der Waals surface area contributed by atoms with Crippen molar-refractivity contribution in [3.8, 4) is 0 Å². The van der Waals surface area contributed by atoms with Gasteiger partial charge in [-0.2, -0.15) is 0 Å². The number of benzene rings is 2. The number of hydrogen-bond acceptors (Lipinski definition) is 2. The fourth-order valence-corrected chi connectivity index (χ4v) is 3.12.